The van der Waals surface area contributed by atoms with Crippen LogP contribution >= 0.6 is 11.3 Å². The zero-order valence-corrected chi connectivity index (χ0v) is 19.6. The number of amides is 1. The molecule has 1 fully saturated rings. The highest BCUT2D eigenvalue weighted by atomic mass is 32.1. The van der Waals surface area contributed by atoms with Gasteiger partial charge >= 0.3 is 0 Å². The van der Waals surface area contributed by atoms with Gasteiger partial charge in [0.2, 0.25) is 5.95 Å². The predicted octanol–water partition coefficient (Wildman–Crippen LogP) is 3.71. The molecule has 1 amide bonds. The smallest absolute Gasteiger partial charge is 0.258 e. The van der Waals surface area contributed by atoms with Crippen LogP contribution in [0, 0.1) is 0 Å². The lowest BCUT2D eigenvalue weighted by atomic mass is 9.91. The number of likely N-dealkylation sites (tertiary alicyclic amines) is 1. The van der Waals surface area contributed by atoms with Crippen LogP contribution in [0.4, 0.5) is 11.8 Å². The van der Waals surface area contributed by atoms with Crippen molar-refractivity contribution < 1.29 is 9.90 Å². The first kappa shape index (κ1) is 21.4. The SMILES string of the molecule is CN1CCC(O)(c2cccc(-c3nc(-c4ccnc(Nc5cnc6ccccn56)n4)cs3)c2)C1=O. The van der Waals surface area contributed by atoms with E-state index in [9.17, 15) is 9.90 Å². The van der Waals surface area contributed by atoms with Crippen molar-refractivity contribution in [2.24, 2.45) is 0 Å². The minimum atomic E-state index is -1.49. The molecule has 0 bridgehead atoms. The van der Waals surface area contributed by atoms with E-state index in [1.54, 1.807) is 30.4 Å². The van der Waals surface area contributed by atoms with E-state index in [1.807, 2.05) is 58.4 Å². The van der Waals surface area contributed by atoms with Crippen LogP contribution in [0.1, 0.15) is 12.0 Å². The molecule has 6 rings (SSSR count). The first-order chi connectivity index (χ1) is 17.0. The second-order valence-electron chi connectivity index (χ2n) is 8.42. The lowest BCUT2D eigenvalue weighted by Crippen LogP contribution is -2.36. The van der Waals surface area contributed by atoms with Crippen LogP contribution in [-0.2, 0) is 10.4 Å². The highest BCUT2D eigenvalue weighted by Crippen LogP contribution is 2.36. The second kappa shape index (κ2) is 8.26. The van der Waals surface area contributed by atoms with Crippen molar-refractivity contribution in [2.75, 3.05) is 18.9 Å². The predicted molar refractivity (Wildman–Crippen MR) is 133 cm³/mol. The van der Waals surface area contributed by atoms with E-state index in [-0.39, 0.29) is 5.91 Å². The van der Waals surface area contributed by atoms with E-state index in [1.165, 1.54) is 11.3 Å². The molecule has 4 aromatic heterocycles. The number of nitrogens with one attached hydrogen (secondary N) is 1. The molecular weight excluding hydrogens is 462 g/mol. The number of thiazole rings is 1. The Kier molecular flexibility index (Phi) is 5.05. The molecule has 174 valence electrons. The molecule has 1 aliphatic heterocycles. The summed E-state index contributed by atoms with van der Waals surface area (Å²) in [5, 5.41) is 16.9. The van der Waals surface area contributed by atoms with Crippen LogP contribution in [0.5, 0.6) is 0 Å². The highest BCUT2D eigenvalue weighted by molar-refractivity contribution is 7.13. The van der Waals surface area contributed by atoms with Crippen LogP contribution in [0.2, 0.25) is 0 Å². The van der Waals surface area contributed by atoms with Gasteiger partial charge in [0, 0.05) is 43.4 Å². The van der Waals surface area contributed by atoms with Crippen molar-refractivity contribution in [3.63, 3.8) is 0 Å². The normalized spacial score (nSPS) is 17.9. The monoisotopic (exact) mass is 483 g/mol. The quantitative estimate of drug-likeness (QED) is 0.392. The summed E-state index contributed by atoms with van der Waals surface area (Å²) in [5.74, 6) is 0.927. The molecule has 1 aromatic carbocycles. The molecule has 1 atom stereocenters. The van der Waals surface area contributed by atoms with Gasteiger partial charge in [-0.25, -0.2) is 19.9 Å². The fourth-order valence-corrected chi connectivity index (χ4v) is 5.07. The minimum absolute atomic E-state index is 0.276. The molecular formula is C25H21N7O2S. The van der Waals surface area contributed by atoms with E-state index in [0.29, 0.717) is 30.2 Å². The number of likely N-dealkylation sites (N-methyl/N-ethyl adjacent to an activating group) is 1. The summed E-state index contributed by atoms with van der Waals surface area (Å²) in [5.41, 5.74) is 2.16. The van der Waals surface area contributed by atoms with E-state index < -0.39 is 5.60 Å². The summed E-state index contributed by atoms with van der Waals surface area (Å²) in [6.45, 7) is 0.528. The third-order valence-electron chi connectivity index (χ3n) is 6.18. The number of imidazole rings is 1. The zero-order valence-electron chi connectivity index (χ0n) is 18.8. The molecule has 0 radical (unpaired) electrons. The Morgan fingerprint density at radius 1 is 1.09 bits per heavy atom. The Bertz CT molecular complexity index is 1560. The molecule has 2 N–H and O–H groups in total. The Balaban J connectivity index is 1.27. The highest BCUT2D eigenvalue weighted by Gasteiger charge is 2.45. The van der Waals surface area contributed by atoms with Crippen LogP contribution < -0.4 is 5.32 Å². The van der Waals surface area contributed by atoms with Crippen molar-refractivity contribution in [2.45, 2.75) is 12.0 Å². The number of nitrogens with zero attached hydrogens (tertiary/aromatic N) is 6. The summed E-state index contributed by atoms with van der Waals surface area (Å²) in [6.07, 6.45) is 5.71. The van der Waals surface area contributed by atoms with Crippen LogP contribution in [0.15, 0.2) is 72.5 Å². The van der Waals surface area contributed by atoms with Crippen molar-refractivity contribution in [3.8, 4) is 22.0 Å². The van der Waals surface area contributed by atoms with Gasteiger partial charge in [-0.3, -0.25) is 9.20 Å². The van der Waals surface area contributed by atoms with Gasteiger partial charge in [-0.1, -0.05) is 24.3 Å². The molecule has 9 nitrogen and oxygen atoms in total. The number of hydrogen-bond donors (Lipinski definition) is 2. The van der Waals surface area contributed by atoms with Crippen molar-refractivity contribution in [1.29, 1.82) is 0 Å². The van der Waals surface area contributed by atoms with Crippen LogP contribution in [0.25, 0.3) is 27.6 Å². The Morgan fingerprint density at radius 2 is 2.00 bits per heavy atom. The van der Waals surface area contributed by atoms with Gasteiger partial charge in [-0.15, -0.1) is 11.3 Å². The van der Waals surface area contributed by atoms with Gasteiger partial charge in [0.25, 0.3) is 5.91 Å². The maximum absolute atomic E-state index is 12.5. The summed E-state index contributed by atoms with van der Waals surface area (Å²) < 4.78 is 1.92. The van der Waals surface area contributed by atoms with Crippen LogP contribution in [-0.4, -0.2) is 53.8 Å². The fraction of sp³-hybridized carbons (Fsp3) is 0.160. The lowest BCUT2D eigenvalue weighted by Gasteiger charge is -2.21. The topological polar surface area (TPSA) is 109 Å². The molecule has 5 aromatic rings. The molecule has 1 unspecified atom stereocenters. The Labute approximate surface area is 204 Å². The number of pyridine rings is 1. The lowest BCUT2D eigenvalue weighted by molar-refractivity contribution is -0.143. The van der Waals surface area contributed by atoms with Gasteiger partial charge in [0.1, 0.15) is 22.2 Å². The number of carbonyl (C=O) groups excluding carboxylic acids is 1. The van der Waals surface area contributed by atoms with E-state index >= 15 is 0 Å². The number of benzene rings is 1. The maximum Gasteiger partial charge on any atom is 0.258 e. The molecule has 1 aliphatic rings. The molecule has 0 saturated carbocycles. The average Bonchev–Trinajstić information content (AvgIpc) is 3.61. The Morgan fingerprint density at radius 3 is 2.86 bits per heavy atom. The minimum Gasteiger partial charge on any atom is -0.375 e. The zero-order chi connectivity index (χ0) is 24.0. The number of fused-ring (bicyclic) bond motifs is 1. The number of rotatable bonds is 5. The van der Waals surface area contributed by atoms with Gasteiger partial charge < -0.3 is 15.3 Å². The third-order valence-corrected chi connectivity index (χ3v) is 7.07. The molecule has 1 saturated heterocycles. The number of aliphatic hydroxyl groups is 1. The van der Waals surface area contributed by atoms with E-state index in [4.69, 9.17) is 4.98 Å². The molecule has 10 heteroatoms. The summed E-state index contributed by atoms with van der Waals surface area (Å²) in [6, 6.07) is 15.0. The molecule has 35 heavy (non-hydrogen) atoms. The van der Waals surface area contributed by atoms with Crippen molar-refractivity contribution >= 4 is 34.7 Å². The van der Waals surface area contributed by atoms with Gasteiger partial charge in [0.15, 0.2) is 5.60 Å². The maximum atomic E-state index is 12.5. The Hall–Kier alpha value is -4.15. The number of anilines is 2. The number of hydrogen-bond acceptors (Lipinski definition) is 8. The van der Waals surface area contributed by atoms with E-state index in [2.05, 4.69) is 20.3 Å². The van der Waals surface area contributed by atoms with Crippen molar-refractivity contribution in [3.05, 3.63) is 78.1 Å². The molecule has 5 heterocycles. The second-order valence-corrected chi connectivity index (χ2v) is 9.28. The standard InChI is InChI=1S/C25H21N7O2S/c1-31-12-9-25(34,23(31)33)17-6-4-5-16(13-17)22-28-19(15-35-22)18-8-10-26-24(29-18)30-21-14-27-20-7-2-3-11-32(20)21/h2-8,10-11,13-15,34H,9,12H2,1H3,(H,26,29,30). The first-order valence-electron chi connectivity index (χ1n) is 11.1. The van der Waals surface area contributed by atoms with Gasteiger partial charge in [-0.05, 0) is 29.8 Å². The summed E-state index contributed by atoms with van der Waals surface area (Å²) in [4.78, 5) is 32.2. The van der Waals surface area contributed by atoms with Crippen LogP contribution in [0.3, 0.4) is 0 Å². The molecule has 0 aliphatic carbocycles. The number of carbonyl (C=O) groups is 1. The molecule has 0 spiro atoms. The average molecular weight is 484 g/mol. The fourth-order valence-electron chi connectivity index (χ4n) is 4.26. The summed E-state index contributed by atoms with van der Waals surface area (Å²) in [7, 11) is 1.71. The largest absolute Gasteiger partial charge is 0.375 e. The van der Waals surface area contributed by atoms with Gasteiger partial charge in [-0.2, -0.15) is 0 Å². The summed E-state index contributed by atoms with van der Waals surface area (Å²) >= 11 is 1.48. The number of aromatic nitrogens is 5. The van der Waals surface area contributed by atoms with Gasteiger partial charge in [0.05, 0.1) is 11.9 Å². The third kappa shape index (κ3) is 3.72. The van der Waals surface area contributed by atoms with Crippen molar-refractivity contribution in [1.82, 2.24) is 29.2 Å². The first-order valence-corrected chi connectivity index (χ1v) is 12.0. The van der Waals surface area contributed by atoms with E-state index in [0.717, 1.165) is 27.7 Å².